The van der Waals surface area contributed by atoms with Crippen molar-refractivity contribution in [3.63, 3.8) is 0 Å². The van der Waals surface area contributed by atoms with E-state index in [0.29, 0.717) is 25.7 Å². The minimum atomic E-state index is -1.30. The smallest absolute Gasteiger partial charge is 0.303 e. The normalized spacial score (nSPS) is 44.8. The van der Waals surface area contributed by atoms with Crippen LogP contribution in [0.25, 0.3) is 0 Å². The van der Waals surface area contributed by atoms with Gasteiger partial charge in [-0.05, 0) is 68.3 Å². The first-order chi connectivity index (χ1) is 13.1. The summed E-state index contributed by atoms with van der Waals surface area (Å²) in [7, 11) is 0. The predicted molar refractivity (Wildman–Crippen MR) is 102 cm³/mol. The SMILES string of the molecule is CC(=O)OCC(=O)[C@H]1CC[C@H]2[C@@H]3CCC4=CC(=O)CC[C@]4(C)[C@@]3(F)CC[C@]12C. The highest BCUT2D eigenvalue weighted by molar-refractivity contribution is 5.91. The molecule has 0 N–H and O–H groups in total. The molecule has 6 atom stereocenters. The number of carbonyl (C=O) groups is 3. The summed E-state index contributed by atoms with van der Waals surface area (Å²) in [5.41, 5.74) is -1.06. The van der Waals surface area contributed by atoms with Crippen molar-refractivity contribution in [3.8, 4) is 0 Å². The fourth-order valence-electron chi connectivity index (χ4n) is 7.25. The topological polar surface area (TPSA) is 60.4 Å². The first-order valence-electron chi connectivity index (χ1n) is 10.7. The summed E-state index contributed by atoms with van der Waals surface area (Å²) in [6, 6.07) is 0. The maximum Gasteiger partial charge on any atom is 0.303 e. The summed E-state index contributed by atoms with van der Waals surface area (Å²) in [4.78, 5) is 35.8. The van der Waals surface area contributed by atoms with Crippen LogP contribution in [-0.4, -0.2) is 29.8 Å². The Morgan fingerprint density at radius 3 is 2.57 bits per heavy atom. The predicted octanol–water partition coefficient (Wildman–Crippen LogP) is 4.36. The zero-order chi connectivity index (χ0) is 20.3. The fraction of sp³-hybridized carbons (Fsp3) is 0.783. The van der Waals surface area contributed by atoms with Gasteiger partial charge in [0.05, 0.1) is 0 Å². The molecule has 0 bridgehead atoms. The number of halogens is 1. The number of hydrogen-bond acceptors (Lipinski definition) is 4. The number of rotatable bonds is 3. The molecule has 0 amide bonds. The molecule has 4 aliphatic rings. The number of ketones is 2. The van der Waals surface area contributed by atoms with Crippen LogP contribution in [0.2, 0.25) is 0 Å². The zero-order valence-electron chi connectivity index (χ0n) is 17.2. The van der Waals surface area contributed by atoms with Gasteiger partial charge in [-0.15, -0.1) is 0 Å². The second kappa shape index (κ2) is 6.50. The zero-order valence-corrected chi connectivity index (χ0v) is 17.2. The van der Waals surface area contributed by atoms with Gasteiger partial charge in [0, 0.05) is 24.7 Å². The number of alkyl halides is 1. The summed E-state index contributed by atoms with van der Waals surface area (Å²) in [5, 5.41) is 0. The van der Waals surface area contributed by atoms with Gasteiger partial charge in [0.2, 0.25) is 0 Å². The summed E-state index contributed by atoms with van der Waals surface area (Å²) >= 11 is 0. The number of allylic oxidation sites excluding steroid dienone is 1. The van der Waals surface area contributed by atoms with E-state index < -0.39 is 17.1 Å². The molecule has 4 nitrogen and oxygen atoms in total. The molecule has 0 radical (unpaired) electrons. The Balaban J connectivity index is 1.61. The molecular weight excluding hydrogens is 359 g/mol. The summed E-state index contributed by atoms with van der Waals surface area (Å²) in [6.07, 6.45) is 7.04. The third-order valence-electron chi connectivity index (χ3n) is 8.87. The average molecular weight is 390 g/mol. The fourth-order valence-corrected chi connectivity index (χ4v) is 7.25. The Labute approximate surface area is 166 Å². The van der Waals surface area contributed by atoms with E-state index >= 15 is 4.39 Å². The molecule has 0 aromatic heterocycles. The first kappa shape index (κ1) is 19.8. The second-order valence-electron chi connectivity index (χ2n) is 9.96. The first-order valence-corrected chi connectivity index (χ1v) is 10.7. The van der Waals surface area contributed by atoms with Crippen molar-refractivity contribution in [1.82, 2.24) is 0 Å². The van der Waals surface area contributed by atoms with Crippen molar-refractivity contribution in [2.24, 2.45) is 28.6 Å². The molecule has 28 heavy (non-hydrogen) atoms. The largest absolute Gasteiger partial charge is 0.458 e. The Morgan fingerprint density at radius 2 is 1.86 bits per heavy atom. The van der Waals surface area contributed by atoms with E-state index in [9.17, 15) is 14.4 Å². The van der Waals surface area contributed by atoms with Gasteiger partial charge in [0.1, 0.15) is 12.3 Å². The van der Waals surface area contributed by atoms with E-state index in [-0.39, 0.29) is 41.3 Å². The third-order valence-corrected chi connectivity index (χ3v) is 8.87. The van der Waals surface area contributed by atoms with Gasteiger partial charge >= 0.3 is 5.97 Å². The standard InChI is InChI=1S/C23H31FO4/c1-14(25)28-13-20(27)19-7-6-17-18-5-4-15-12-16(26)8-9-22(15,3)23(18,24)11-10-21(17,19)2/h12,17-19H,4-11,13H2,1-3H3/t17-,18-,19+,21-,22-,23+/m0/s1. The van der Waals surface area contributed by atoms with Crippen LogP contribution >= 0.6 is 0 Å². The van der Waals surface area contributed by atoms with Gasteiger partial charge in [-0.25, -0.2) is 4.39 Å². The van der Waals surface area contributed by atoms with Crippen molar-refractivity contribution in [3.05, 3.63) is 11.6 Å². The van der Waals surface area contributed by atoms with Crippen LogP contribution in [0.3, 0.4) is 0 Å². The van der Waals surface area contributed by atoms with Crippen LogP contribution in [0.5, 0.6) is 0 Å². The molecule has 3 fully saturated rings. The van der Waals surface area contributed by atoms with Crippen LogP contribution in [0.15, 0.2) is 11.6 Å². The van der Waals surface area contributed by atoms with Crippen molar-refractivity contribution < 1.29 is 23.5 Å². The molecule has 4 aliphatic carbocycles. The minimum absolute atomic E-state index is 0.0163. The maximum atomic E-state index is 16.7. The van der Waals surface area contributed by atoms with Gasteiger partial charge < -0.3 is 4.74 Å². The van der Waals surface area contributed by atoms with E-state index in [1.54, 1.807) is 6.08 Å². The quantitative estimate of drug-likeness (QED) is 0.672. The molecule has 0 heterocycles. The van der Waals surface area contributed by atoms with Crippen molar-refractivity contribution >= 4 is 17.5 Å². The van der Waals surface area contributed by atoms with E-state index in [0.717, 1.165) is 31.3 Å². The van der Waals surface area contributed by atoms with E-state index in [1.807, 2.05) is 6.92 Å². The average Bonchev–Trinajstić information content (AvgIpc) is 2.98. The third kappa shape index (κ3) is 2.64. The minimum Gasteiger partial charge on any atom is -0.458 e. The highest BCUT2D eigenvalue weighted by atomic mass is 19.1. The second-order valence-corrected chi connectivity index (χ2v) is 9.96. The number of Topliss-reactive ketones (excluding diaryl/α,β-unsaturated/α-hetero) is 1. The monoisotopic (exact) mass is 390 g/mol. The van der Waals surface area contributed by atoms with Crippen LogP contribution in [0, 0.1) is 28.6 Å². The summed E-state index contributed by atoms with van der Waals surface area (Å²) in [5.74, 6) is -0.365. The van der Waals surface area contributed by atoms with Crippen molar-refractivity contribution in [1.29, 1.82) is 0 Å². The molecule has 154 valence electrons. The molecule has 0 unspecified atom stereocenters. The highest BCUT2D eigenvalue weighted by Gasteiger charge is 2.67. The van der Waals surface area contributed by atoms with Crippen LogP contribution in [0.1, 0.15) is 72.1 Å². The molecule has 0 spiro atoms. The molecule has 0 aromatic carbocycles. The van der Waals surface area contributed by atoms with E-state index in [1.165, 1.54) is 6.92 Å². The maximum absolute atomic E-state index is 16.7. The Kier molecular flexibility index (Phi) is 4.59. The Bertz CT molecular complexity index is 758. The van der Waals surface area contributed by atoms with Gasteiger partial charge in [-0.1, -0.05) is 19.4 Å². The molecule has 0 saturated heterocycles. The van der Waals surface area contributed by atoms with Gasteiger partial charge in [0.25, 0.3) is 0 Å². The number of carbonyl (C=O) groups excluding carboxylic acids is 3. The van der Waals surface area contributed by atoms with Crippen LogP contribution < -0.4 is 0 Å². The lowest BCUT2D eigenvalue weighted by atomic mass is 9.45. The molecule has 3 saturated carbocycles. The Morgan fingerprint density at radius 1 is 1.11 bits per heavy atom. The number of esters is 1. The summed E-state index contributed by atoms with van der Waals surface area (Å²) < 4.78 is 21.7. The lowest BCUT2D eigenvalue weighted by Gasteiger charge is -2.61. The Hall–Kier alpha value is -1.52. The summed E-state index contributed by atoms with van der Waals surface area (Å²) in [6.45, 7) is 5.32. The van der Waals surface area contributed by atoms with Gasteiger partial charge in [-0.3, -0.25) is 14.4 Å². The molecule has 4 rings (SSSR count). The number of ether oxygens (including phenoxy) is 1. The highest BCUT2D eigenvalue weighted by Crippen LogP contribution is 2.69. The van der Waals surface area contributed by atoms with E-state index in [4.69, 9.17) is 4.74 Å². The van der Waals surface area contributed by atoms with Crippen molar-refractivity contribution in [2.45, 2.75) is 77.8 Å². The number of hydrogen-bond donors (Lipinski definition) is 0. The number of fused-ring (bicyclic) bond motifs is 5. The molecular formula is C23H31FO4. The van der Waals surface area contributed by atoms with Crippen LogP contribution in [0.4, 0.5) is 4.39 Å². The lowest BCUT2D eigenvalue weighted by molar-refractivity contribution is -0.157. The molecule has 5 heteroatoms. The van der Waals surface area contributed by atoms with E-state index in [2.05, 4.69) is 6.92 Å². The lowest BCUT2D eigenvalue weighted by Crippen LogP contribution is -2.61. The van der Waals surface area contributed by atoms with Gasteiger partial charge in [-0.2, -0.15) is 0 Å². The van der Waals surface area contributed by atoms with Crippen molar-refractivity contribution in [2.75, 3.05) is 6.61 Å². The molecule has 0 aliphatic heterocycles. The van der Waals surface area contributed by atoms with Crippen LogP contribution in [-0.2, 0) is 19.1 Å². The van der Waals surface area contributed by atoms with Gasteiger partial charge in [0.15, 0.2) is 11.6 Å². The molecule has 0 aromatic rings.